The lowest BCUT2D eigenvalue weighted by Gasteiger charge is -2.04. The molecule has 0 saturated heterocycles. The van der Waals surface area contributed by atoms with Crippen molar-refractivity contribution in [1.29, 1.82) is 0 Å². The number of thiazole rings is 1. The molecular formula is C12H5Cl2F3N4S. The van der Waals surface area contributed by atoms with Crippen LogP contribution in [-0.4, -0.2) is 15.0 Å². The van der Waals surface area contributed by atoms with Gasteiger partial charge in [0.15, 0.2) is 0 Å². The minimum absolute atomic E-state index is 0.00685. The van der Waals surface area contributed by atoms with Crippen molar-refractivity contribution in [2.45, 2.75) is 6.18 Å². The Morgan fingerprint density at radius 1 is 1.05 bits per heavy atom. The molecule has 114 valence electrons. The van der Waals surface area contributed by atoms with Gasteiger partial charge in [0.25, 0.3) is 0 Å². The van der Waals surface area contributed by atoms with Crippen LogP contribution in [0.2, 0.25) is 10.3 Å². The number of anilines is 1. The normalized spacial score (nSPS) is 12.0. The summed E-state index contributed by atoms with van der Waals surface area (Å²) in [5.41, 5.74) is 5.08. The van der Waals surface area contributed by atoms with Gasteiger partial charge in [-0.2, -0.15) is 13.2 Å². The van der Waals surface area contributed by atoms with Crippen molar-refractivity contribution in [3.63, 3.8) is 0 Å². The highest BCUT2D eigenvalue weighted by Crippen LogP contribution is 2.39. The van der Waals surface area contributed by atoms with Crippen LogP contribution in [0.1, 0.15) is 5.56 Å². The van der Waals surface area contributed by atoms with Gasteiger partial charge in [-0.25, -0.2) is 15.0 Å². The summed E-state index contributed by atoms with van der Waals surface area (Å²) in [5.74, 6) is -0.0979. The Bertz CT molecular complexity index is 855. The van der Waals surface area contributed by atoms with E-state index in [0.717, 1.165) is 23.5 Å². The van der Waals surface area contributed by atoms with Crippen molar-refractivity contribution < 1.29 is 13.2 Å². The highest BCUT2D eigenvalue weighted by atomic mass is 35.5. The van der Waals surface area contributed by atoms with Crippen molar-refractivity contribution in [1.82, 2.24) is 15.0 Å². The van der Waals surface area contributed by atoms with Gasteiger partial charge < -0.3 is 5.73 Å². The standard InChI is InChI=1S/C12H5Cl2F3N4S/c13-8-7(9(14)21-11(18)20-8)10-19-5-3-4(12(15,16)17)1-2-6(5)22-10/h1-3H,(H2,18,20,21). The van der Waals surface area contributed by atoms with Gasteiger partial charge in [0.05, 0.1) is 21.3 Å². The topological polar surface area (TPSA) is 64.7 Å². The Balaban J connectivity index is 2.18. The highest BCUT2D eigenvalue weighted by molar-refractivity contribution is 7.21. The van der Waals surface area contributed by atoms with E-state index in [0.29, 0.717) is 9.71 Å². The molecule has 10 heteroatoms. The number of alkyl halides is 3. The number of nitrogens with two attached hydrogens (primary N) is 1. The zero-order chi connectivity index (χ0) is 16.1. The number of hydrogen-bond acceptors (Lipinski definition) is 5. The number of halogens is 5. The fourth-order valence-corrected chi connectivity index (χ4v) is 3.49. The third-order valence-corrected chi connectivity index (χ3v) is 4.37. The number of aromatic nitrogens is 3. The Morgan fingerprint density at radius 3 is 2.27 bits per heavy atom. The predicted octanol–water partition coefficient (Wildman–Crippen LogP) is 4.66. The fraction of sp³-hybridized carbons (Fsp3) is 0.0833. The van der Waals surface area contributed by atoms with E-state index in [4.69, 9.17) is 28.9 Å². The second kappa shape index (κ2) is 5.22. The van der Waals surface area contributed by atoms with E-state index in [2.05, 4.69) is 15.0 Å². The van der Waals surface area contributed by atoms with Crippen LogP contribution in [0.15, 0.2) is 18.2 Å². The van der Waals surface area contributed by atoms with Crippen molar-refractivity contribution in [3.05, 3.63) is 34.1 Å². The van der Waals surface area contributed by atoms with E-state index in [9.17, 15) is 13.2 Å². The van der Waals surface area contributed by atoms with Crippen LogP contribution in [0.4, 0.5) is 19.1 Å². The summed E-state index contributed by atoms with van der Waals surface area (Å²) >= 11 is 13.1. The first-order valence-corrected chi connectivity index (χ1v) is 7.29. The lowest BCUT2D eigenvalue weighted by molar-refractivity contribution is -0.137. The summed E-state index contributed by atoms with van der Waals surface area (Å²) in [5, 5.41) is 0.310. The van der Waals surface area contributed by atoms with E-state index in [1.54, 1.807) is 0 Å². The molecule has 0 radical (unpaired) electrons. The molecule has 0 bridgehead atoms. The molecule has 0 fully saturated rings. The first-order valence-electron chi connectivity index (χ1n) is 5.72. The number of fused-ring (bicyclic) bond motifs is 1. The lowest BCUT2D eigenvalue weighted by atomic mass is 10.2. The number of hydrogen-bond donors (Lipinski definition) is 1. The van der Waals surface area contributed by atoms with Gasteiger partial charge >= 0.3 is 6.18 Å². The number of rotatable bonds is 1. The third kappa shape index (κ3) is 2.69. The SMILES string of the molecule is Nc1nc(Cl)c(-c2nc3cc(C(F)(F)F)ccc3s2)c(Cl)n1. The van der Waals surface area contributed by atoms with Crippen LogP contribution in [0.3, 0.4) is 0 Å². The first-order chi connectivity index (χ1) is 10.3. The van der Waals surface area contributed by atoms with Crippen LogP contribution >= 0.6 is 34.5 Å². The number of nitrogen functional groups attached to an aromatic ring is 1. The molecule has 2 aromatic heterocycles. The summed E-state index contributed by atoms with van der Waals surface area (Å²) < 4.78 is 38.7. The van der Waals surface area contributed by atoms with Crippen LogP contribution in [0.5, 0.6) is 0 Å². The maximum atomic E-state index is 12.7. The maximum Gasteiger partial charge on any atom is 0.416 e. The van der Waals surface area contributed by atoms with Crippen molar-refractivity contribution in [2.24, 2.45) is 0 Å². The molecule has 1 aromatic carbocycles. The molecule has 22 heavy (non-hydrogen) atoms. The largest absolute Gasteiger partial charge is 0.416 e. The average molecular weight is 365 g/mol. The molecule has 0 amide bonds. The lowest BCUT2D eigenvalue weighted by Crippen LogP contribution is -2.03. The molecule has 0 atom stereocenters. The Labute approximate surface area is 135 Å². The number of nitrogens with zero attached hydrogens (tertiary/aromatic N) is 3. The van der Waals surface area contributed by atoms with Crippen LogP contribution in [0, 0.1) is 0 Å². The molecule has 0 aliphatic heterocycles. The third-order valence-electron chi connectivity index (χ3n) is 2.77. The van der Waals surface area contributed by atoms with Gasteiger partial charge in [0.2, 0.25) is 5.95 Å². The highest BCUT2D eigenvalue weighted by Gasteiger charge is 2.31. The molecular weight excluding hydrogens is 360 g/mol. The zero-order valence-electron chi connectivity index (χ0n) is 10.4. The maximum absolute atomic E-state index is 12.7. The van der Waals surface area contributed by atoms with Gasteiger partial charge in [0, 0.05) is 0 Å². The van der Waals surface area contributed by atoms with Gasteiger partial charge in [-0.15, -0.1) is 11.3 Å². The Kier molecular flexibility index (Phi) is 3.62. The van der Waals surface area contributed by atoms with Gasteiger partial charge in [0.1, 0.15) is 15.3 Å². The molecule has 2 heterocycles. The van der Waals surface area contributed by atoms with E-state index in [-0.39, 0.29) is 27.3 Å². The van der Waals surface area contributed by atoms with Gasteiger partial charge in [-0.3, -0.25) is 0 Å². The van der Waals surface area contributed by atoms with E-state index in [1.165, 1.54) is 6.07 Å². The van der Waals surface area contributed by atoms with E-state index >= 15 is 0 Å². The van der Waals surface area contributed by atoms with Crippen molar-refractivity contribution in [2.75, 3.05) is 5.73 Å². The summed E-state index contributed by atoms with van der Waals surface area (Å²) in [6.45, 7) is 0. The Morgan fingerprint density at radius 2 is 1.68 bits per heavy atom. The van der Waals surface area contributed by atoms with Crippen molar-refractivity contribution >= 4 is 50.7 Å². The second-order valence-electron chi connectivity index (χ2n) is 4.24. The molecule has 0 aliphatic rings. The summed E-state index contributed by atoms with van der Waals surface area (Å²) in [4.78, 5) is 11.7. The van der Waals surface area contributed by atoms with Crippen LogP contribution in [0.25, 0.3) is 20.8 Å². The molecule has 0 spiro atoms. The van der Waals surface area contributed by atoms with Crippen molar-refractivity contribution in [3.8, 4) is 10.6 Å². The minimum Gasteiger partial charge on any atom is -0.368 e. The Hall–Kier alpha value is -1.64. The van der Waals surface area contributed by atoms with Gasteiger partial charge in [-0.05, 0) is 18.2 Å². The number of benzene rings is 1. The predicted molar refractivity (Wildman–Crippen MR) is 80.1 cm³/mol. The zero-order valence-corrected chi connectivity index (χ0v) is 12.8. The van der Waals surface area contributed by atoms with E-state index in [1.807, 2.05) is 0 Å². The summed E-state index contributed by atoms with van der Waals surface area (Å²) in [7, 11) is 0. The first kappa shape index (κ1) is 15.3. The molecule has 0 aliphatic carbocycles. The minimum atomic E-state index is -4.43. The molecule has 3 rings (SSSR count). The van der Waals surface area contributed by atoms with E-state index < -0.39 is 11.7 Å². The fourth-order valence-electron chi connectivity index (χ4n) is 1.81. The van der Waals surface area contributed by atoms with Crippen LogP contribution < -0.4 is 5.73 Å². The average Bonchev–Trinajstić information content (AvgIpc) is 2.78. The molecule has 0 unspecified atom stereocenters. The smallest absolute Gasteiger partial charge is 0.368 e. The van der Waals surface area contributed by atoms with Gasteiger partial charge in [-0.1, -0.05) is 23.2 Å². The molecule has 2 N–H and O–H groups in total. The molecule has 3 aromatic rings. The quantitative estimate of drug-likeness (QED) is 0.637. The van der Waals surface area contributed by atoms with Crippen LogP contribution in [-0.2, 0) is 6.18 Å². The monoisotopic (exact) mass is 364 g/mol. The molecule has 0 saturated carbocycles. The summed E-state index contributed by atoms with van der Waals surface area (Å²) in [6, 6.07) is 3.31. The summed E-state index contributed by atoms with van der Waals surface area (Å²) in [6.07, 6.45) is -4.43. The second-order valence-corrected chi connectivity index (χ2v) is 5.98. The molecule has 4 nitrogen and oxygen atoms in total.